The minimum absolute atomic E-state index is 0.174. The van der Waals surface area contributed by atoms with Gasteiger partial charge in [-0.05, 0) is 80.1 Å². The van der Waals surface area contributed by atoms with Gasteiger partial charge in [0.2, 0.25) is 0 Å². The fraction of sp³-hybridized carbons (Fsp3) is 0.480. The number of ketones is 1. The Kier molecular flexibility index (Phi) is 4.92. The van der Waals surface area contributed by atoms with Gasteiger partial charge in [-0.2, -0.15) is 0 Å². The Balaban J connectivity index is 1.56. The third kappa shape index (κ3) is 3.49. The molecular formula is C25H30N2O2. The summed E-state index contributed by atoms with van der Waals surface area (Å²) in [6.45, 7) is 4.15. The zero-order valence-electron chi connectivity index (χ0n) is 17.2. The van der Waals surface area contributed by atoms with Crippen molar-refractivity contribution < 1.29 is 9.53 Å². The first kappa shape index (κ1) is 18.8. The van der Waals surface area contributed by atoms with Crippen LogP contribution < -0.4 is 10.1 Å². The van der Waals surface area contributed by atoms with Crippen LogP contribution in [-0.2, 0) is 5.41 Å². The second-order valence-corrected chi connectivity index (χ2v) is 8.99. The van der Waals surface area contributed by atoms with Crippen molar-refractivity contribution in [1.82, 2.24) is 10.2 Å². The zero-order chi connectivity index (χ0) is 19.8. The second kappa shape index (κ2) is 7.58. The van der Waals surface area contributed by atoms with E-state index in [1.54, 1.807) is 7.11 Å². The van der Waals surface area contributed by atoms with Gasteiger partial charge >= 0.3 is 0 Å². The highest BCUT2D eigenvalue weighted by Crippen LogP contribution is 2.47. The van der Waals surface area contributed by atoms with Crippen LogP contribution in [0.15, 0.2) is 48.5 Å². The number of carbonyl (C=O) groups is 1. The minimum atomic E-state index is -0.180. The summed E-state index contributed by atoms with van der Waals surface area (Å²) in [5, 5.41) is 3.53. The van der Waals surface area contributed by atoms with Crippen LogP contribution in [-0.4, -0.2) is 44.0 Å². The molecule has 2 heterocycles. The van der Waals surface area contributed by atoms with Crippen molar-refractivity contribution in [2.75, 3.05) is 33.3 Å². The van der Waals surface area contributed by atoms with Crippen molar-refractivity contribution in [2.24, 2.45) is 5.92 Å². The number of hydrogen-bond donors (Lipinski definition) is 1. The first-order valence-corrected chi connectivity index (χ1v) is 10.9. The summed E-state index contributed by atoms with van der Waals surface area (Å²) >= 11 is 0. The molecule has 0 unspecified atom stereocenters. The first-order chi connectivity index (χ1) is 14.2. The largest absolute Gasteiger partial charge is 0.497 e. The van der Waals surface area contributed by atoms with Crippen LogP contribution in [0.25, 0.3) is 0 Å². The third-order valence-corrected chi connectivity index (χ3v) is 7.07. The summed E-state index contributed by atoms with van der Waals surface area (Å²) in [5.74, 6) is 1.75. The Labute approximate surface area is 173 Å². The van der Waals surface area contributed by atoms with Crippen molar-refractivity contribution in [3.8, 4) is 5.75 Å². The predicted molar refractivity (Wildman–Crippen MR) is 115 cm³/mol. The molecule has 4 nitrogen and oxygen atoms in total. The molecule has 1 N–H and O–H groups in total. The number of fused-ring (bicyclic) bond motifs is 2. The number of Topliss-reactive ketones (excluding diaryl/α,β-unsaturated/α-hetero) is 1. The van der Waals surface area contributed by atoms with E-state index in [1.807, 2.05) is 24.3 Å². The van der Waals surface area contributed by atoms with E-state index in [0.29, 0.717) is 0 Å². The van der Waals surface area contributed by atoms with Gasteiger partial charge in [-0.1, -0.05) is 24.3 Å². The van der Waals surface area contributed by atoms with Crippen LogP contribution in [0.5, 0.6) is 5.75 Å². The fourth-order valence-corrected chi connectivity index (χ4v) is 5.34. The fourth-order valence-electron chi connectivity index (χ4n) is 5.34. The molecule has 0 radical (unpaired) electrons. The maximum atomic E-state index is 13.8. The lowest BCUT2D eigenvalue weighted by Crippen LogP contribution is -2.54. The van der Waals surface area contributed by atoms with E-state index in [9.17, 15) is 4.79 Å². The van der Waals surface area contributed by atoms with Gasteiger partial charge in [0.05, 0.1) is 13.2 Å². The van der Waals surface area contributed by atoms with Gasteiger partial charge in [-0.3, -0.25) is 9.69 Å². The van der Waals surface area contributed by atoms with E-state index in [-0.39, 0.29) is 17.2 Å². The van der Waals surface area contributed by atoms with Crippen molar-refractivity contribution in [2.45, 2.75) is 37.1 Å². The monoisotopic (exact) mass is 390 g/mol. The number of methoxy groups -OCH3 is 1. The van der Waals surface area contributed by atoms with Crippen LogP contribution >= 0.6 is 0 Å². The van der Waals surface area contributed by atoms with Gasteiger partial charge in [0, 0.05) is 24.1 Å². The number of nitrogens with one attached hydrogen (secondary N) is 1. The molecule has 0 bridgehead atoms. The SMILES string of the molecule is COc1ccc(C(=O)[C@H]2c3ccccc3C3(CCNCC3)CN2CC2CC2)cc1. The molecule has 4 heteroatoms. The van der Waals surface area contributed by atoms with Crippen LogP contribution in [0.4, 0.5) is 0 Å². The number of nitrogens with zero attached hydrogens (tertiary/aromatic N) is 1. The van der Waals surface area contributed by atoms with Crippen molar-refractivity contribution in [3.63, 3.8) is 0 Å². The number of rotatable bonds is 5. The lowest BCUT2D eigenvalue weighted by molar-refractivity contribution is 0.0662. The van der Waals surface area contributed by atoms with Crippen LogP contribution in [0.1, 0.15) is 53.2 Å². The van der Waals surface area contributed by atoms with Crippen molar-refractivity contribution >= 4 is 5.78 Å². The second-order valence-electron chi connectivity index (χ2n) is 8.99. The first-order valence-electron chi connectivity index (χ1n) is 10.9. The average molecular weight is 391 g/mol. The molecule has 2 aromatic carbocycles. The van der Waals surface area contributed by atoms with Gasteiger partial charge in [-0.15, -0.1) is 0 Å². The molecule has 1 atom stereocenters. The number of hydrogen-bond acceptors (Lipinski definition) is 4. The molecule has 2 fully saturated rings. The summed E-state index contributed by atoms with van der Waals surface area (Å²) in [6, 6.07) is 16.1. The summed E-state index contributed by atoms with van der Waals surface area (Å²) in [4.78, 5) is 16.3. The molecule has 29 heavy (non-hydrogen) atoms. The maximum Gasteiger partial charge on any atom is 0.184 e. The van der Waals surface area contributed by atoms with Gasteiger partial charge in [-0.25, -0.2) is 0 Å². The number of carbonyl (C=O) groups excluding carboxylic acids is 1. The molecule has 2 aromatic rings. The zero-order valence-corrected chi connectivity index (χ0v) is 17.2. The van der Waals surface area contributed by atoms with E-state index in [0.717, 1.165) is 56.3 Å². The van der Waals surface area contributed by atoms with Gasteiger partial charge < -0.3 is 10.1 Å². The maximum absolute atomic E-state index is 13.8. The minimum Gasteiger partial charge on any atom is -0.497 e. The molecule has 0 amide bonds. The van der Waals surface area contributed by atoms with Crippen LogP contribution in [0.3, 0.4) is 0 Å². The summed E-state index contributed by atoms with van der Waals surface area (Å²) in [6.07, 6.45) is 4.90. The summed E-state index contributed by atoms with van der Waals surface area (Å²) in [5.41, 5.74) is 3.57. The Morgan fingerprint density at radius 3 is 2.52 bits per heavy atom. The van der Waals surface area contributed by atoms with E-state index in [4.69, 9.17) is 4.74 Å². The molecule has 2 aliphatic heterocycles. The number of benzene rings is 2. The topological polar surface area (TPSA) is 41.6 Å². The lowest BCUT2D eigenvalue weighted by atomic mass is 9.67. The summed E-state index contributed by atoms with van der Waals surface area (Å²) in [7, 11) is 1.66. The highest BCUT2D eigenvalue weighted by molar-refractivity contribution is 6.01. The third-order valence-electron chi connectivity index (χ3n) is 7.07. The smallest absolute Gasteiger partial charge is 0.184 e. The average Bonchev–Trinajstić information content (AvgIpc) is 3.58. The van der Waals surface area contributed by atoms with E-state index in [2.05, 4.69) is 34.5 Å². The van der Waals surface area contributed by atoms with E-state index >= 15 is 0 Å². The summed E-state index contributed by atoms with van der Waals surface area (Å²) < 4.78 is 5.28. The molecule has 1 aliphatic carbocycles. The molecule has 1 saturated heterocycles. The lowest BCUT2D eigenvalue weighted by Gasteiger charge is -2.50. The quantitative estimate of drug-likeness (QED) is 0.785. The predicted octanol–water partition coefficient (Wildman–Crippen LogP) is 3.97. The molecule has 1 saturated carbocycles. The number of ether oxygens (including phenoxy) is 1. The Morgan fingerprint density at radius 1 is 1.10 bits per heavy atom. The van der Waals surface area contributed by atoms with Gasteiger partial charge in [0.1, 0.15) is 5.75 Å². The standard InChI is InChI=1S/C25H30N2O2/c1-29-20-10-8-19(9-11-20)24(28)23-21-4-2-3-5-22(21)25(12-14-26-15-13-25)17-27(23)16-18-6-7-18/h2-5,8-11,18,23,26H,6-7,12-17H2,1H3/t23-/m1/s1. The Hall–Kier alpha value is -2.17. The highest BCUT2D eigenvalue weighted by Gasteiger charge is 2.47. The number of piperidine rings is 1. The normalized spacial score (nSPS) is 23.6. The Morgan fingerprint density at radius 2 is 1.83 bits per heavy atom. The molecular weight excluding hydrogens is 360 g/mol. The van der Waals surface area contributed by atoms with Crippen molar-refractivity contribution in [3.05, 3.63) is 65.2 Å². The molecule has 5 rings (SSSR count). The van der Waals surface area contributed by atoms with Crippen LogP contribution in [0.2, 0.25) is 0 Å². The van der Waals surface area contributed by atoms with Gasteiger partial charge in [0.15, 0.2) is 5.78 Å². The van der Waals surface area contributed by atoms with E-state index < -0.39 is 0 Å². The molecule has 3 aliphatic rings. The molecule has 0 aromatic heterocycles. The van der Waals surface area contributed by atoms with Crippen LogP contribution in [0, 0.1) is 5.92 Å². The van der Waals surface area contributed by atoms with Crippen molar-refractivity contribution in [1.29, 1.82) is 0 Å². The van der Waals surface area contributed by atoms with E-state index in [1.165, 1.54) is 24.0 Å². The van der Waals surface area contributed by atoms with Gasteiger partial charge in [0.25, 0.3) is 0 Å². The molecule has 152 valence electrons. The Bertz CT molecular complexity index is 882. The highest BCUT2D eigenvalue weighted by atomic mass is 16.5. The molecule has 1 spiro atoms.